The molecule has 2 aromatic carbocycles. The Morgan fingerprint density at radius 2 is 1.96 bits per heavy atom. The van der Waals surface area contributed by atoms with Crippen LogP contribution in [0.15, 0.2) is 51.7 Å². The fraction of sp³-hybridized carbons (Fsp3) is 0.111. The van der Waals surface area contributed by atoms with Gasteiger partial charge in [0.15, 0.2) is 12.4 Å². The lowest BCUT2D eigenvalue weighted by atomic mass is 10.1. The van der Waals surface area contributed by atoms with E-state index in [1.165, 1.54) is 6.07 Å². The van der Waals surface area contributed by atoms with E-state index >= 15 is 0 Å². The number of halogens is 1. The molecule has 1 aromatic heterocycles. The highest BCUT2D eigenvalue weighted by Gasteiger charge is 2.17. The first-order valence-electron chi connectivity index (χ1n) is 6.93. The van der Waals surface area contributed by atoms with Crippen LogP contribution in [0.25, 0.3) is 22.3 Å². The van der Waals surface area contributed by atoms with Gasteiger partial charge in [-0.05, 0) is 25.1 Å². The zero-order valence-electron chi connectivity index (χ0n) is 12.3. The summed E-state index contributed by atoms with van der Waals surface area (Å²) in [5.41, 5.74) is 1.86. The molecule has 4 nitrogen and oxygen atoms in total. The summed E-state index contributed by atoms with van der Waals surface area (Å²) in [6, 6.07) is 14.2. The number of rotatable bonds is 3. The summed E-state index contributed by atoms with van der Waals surface area (Å²) < 4.78 is 11.2. The molecule has 0 aliphatic heterocycles. The van der Waals surface area contributed by atoms with E-state index in [0.717, 1.165) is 5.56 Å². The van der Waals surface area contributed by atoms with Gasteiger partial charge in [0, 0.05) is 10.6 Å². The minimum Gasteiger partial charge on any atom is -0.471 e. The molecule has 0 saturated heterocycles. The SMILES string of the molecule is Cc1ccc(-c2oc3ccc(Cl)cc3c(=O)c2OCC#N)cc1. The Morgan fingerprint density at radius 3 is 2.65 bits per heavy atom. The van der Waals surface area contributed by atoms with Crippen molar-refractivity contribution in [1.29, 1.82) is 5.26 Å². The van der Waals surface area contributed by atoms with Crippen LogP contribution in [0, 0.1) is 18.3 Å². The van der Waals surface area contributed by atoms with Crippen molar-refractivity contribution in [3.05, 3.63) is 63.3 Å². The Kier molecular flexibility index (Phi) is 4.05. The number of nitrogens with zero attached hydrogens (tertiary/aromatic N) is 1. The summed E-state index contributed by atoms with van der Waals surface area (Å²) in [6.07, 6.45) is 0. The fourth-order valence-electron chi connectivity index (χ4n) is 2.28. The van der Waals surface area contributed by atoms with Crippen molar-refractivity contribution >= 4 is 22.6 Å². The van der Waals surface area contributed by atoms with Crippen LogP contribution in [0.2, 0.25) is 5.02 Å². The van der Waals surface area contributed by atoms with Gasteiger partial charge in [-0.15, -0.1) is 0 Å². The number of hydrogen-bond acceptors (Lipinski definition) is 4. The molecule has 0 fully saturated rings. The number of fused-ring (bicyclic) bond motifs is 1. The Bertz CT molecular complexity index is 968. The molecule has 0 aliphatic rings. The van der Waals surface area contributed by atoms with Gasteiger partial charge >= 0.3 is 0 Å². The molecular formula is C18H12ClNO3. The van der Waals surface area contributed by atoms with Crippen LogP contribution in [-0.2, 0) is 0 Å². The minimum absolute atomic E-state index is 0.0187. The molecule has 0 spiro atoms. The highest BCUT2D eigenvalue weighted by Crippen LogP contribution is 2.31. The molecule has 23 heavy (non-hydrogen) atoms. The fourth-order valence-corrected chi connectivity index (χ4v) is 2.45. The summed E-state index contributed by atoms with van der Waals surface area (Å²) in [5, 5.41) is 9.50. The van der Waals surface area contributed by atoms with Crippen molar-refractivity contribution < 1.29 is 9.15 Å². The van der Waals surface area contributed by atoms with E-state index in [0.29, 0.717) is 27.3 Å². The Hall–Kier alpha value is -2.77. The van der Waals surface area contributed by atoms with Crippen LogP contribution >= 0.6 is 11.6 Å². The molecule has 0 unspecified atom stereocenters. The third-order valence-corrected chi connectivity index (χ3v) is 3.64. The maximum absolute atomic E-state index is 12.7. The molecule has 0 atom stereocenters. The molecule has 3 aromatic rings. The Morgan fingerprint density at radius 1 is 1.22 bits per heavy atom. The van der Waals surface area contributed by atoms with Gasteiger partial charge in [-0.2, -0.15) is 5.26 Å². The van der Waals surface area contributed by atoms with Crippen LogP contribution in [0.5, 0.6) is 5.75 Å². The molecule has 114 valence electrons. The van der Waals surface area contributed by atoms with Crippen LogP contribution < -0.4 is 10.2 Å². The Labute approximate surface area is 137 Å². The number of hydrogen-bond donors (Lipinski definition) is 0. The molecule has 0 bridgehead atoms. The zero-order chi connectivity index (χ0) is 16.4. The van der Waals surface area contributed by atoms with Crippen molar-refractivity contribution in [2.75, 3.05) is 6.61 Å². The molecule has 0 radical (unpaired) electrons. The van der Waals surface area contributed by atoms with E-state index in [-0.39, 0.29) is 17.8 Å². The van der Waals surface area contributed by atoms with Gasteiger partial charge in [0.1, 0.15) is 11.7 Å². The van der Waals surface area contributed by atoms with E-state index in [1.807, 2.05) is 37.3 Å². The lowest BCUT2D eigenvalue weighted by Crippen LogP contribution is -2.10. The van der Waals surface area contributed by atoms with Crippen molar-refractivity contribution in [3.63, 3.8) is 0 Å². The number of ether oxygens (including phenoxy) is 1. The van der Waals surface area contributed by atoms with Gasteiger partial charge < -0.3 is 9.15 Å². The van der Waals surface area contributed by atoms with Crippen molar-refractivity contribution in [3.8, 4) is 23.1 Å². The van der Waals surface area contributed by atoms with Crippen molar-refractivity contribution in [1.82, 2.24) is 0 Å². The van der Waals surface area contributed by atoms with Gasteiger partial charge in [0.05, 0.1) is 5.39 Å². The first-order chi connectivity index (χ1) is 11.1. The van der Waals surface area contributed by atoms with Crippen molar-refractivity contribution in [2.45, 2.75) is 6.92 Å². The highest BCUT2D eigenvalue weighted by molar-refractivity contribution is 6.31. The van der Waals surface area contributed by atoms with E-state index in [1.54, 1.807) is 12.1 Å². The van der Waals surface area contributed by atoms with Crippen LogP contribution in [0.4, 0.5) is 0 Å². The first kappa shape index (κ1) is 15.1. The average molecular weight is 326 g/mol. The molecule has 0 amide bonds. The largest absolute Gasteiger partial charge is 0.471 e. The van der Waals surface area contributed by atoms with Gasteiger partial charge in [0.25, 0.3) is 0 Å². The zero-order valence-corrected chi connectivity index (χ0v) is 13.1. The van der Waals surface area contributed by atoms with Crippen LogP contribution in [-0.4, -0.2) is 6.61 Å². The molecule has 5 heteroatoms. The number of aryl methyl sites for hydroxylation is 1. The highest BCUT2D eigenvalue weighted by atomic mass is 35.5. The molecule has 1 heterocycles. The smallest absolute Gasteiger partial charge is 0.235 e. The monoisotopic (exact) mass is 325 g/mol. The second-order valence-electron chi connectivity index (χ2n) is 5.04. The Balaban J connectivity index is 2.30. The quantitative estimate of drug-likeness (QED) is 0.719. The predicted octanol–water partition coefficient (Wildman–Crippen LogP) is 4.32. The average Bonchev–Trinajstić information content (AvgIpc) is 2.55. The third kappa shape index (κ3) is 2.92. The lowest BCUT2D eigenvalue weighted by molar-refractivity contribution is 0.356. The number of benzene rings is 2. The van der Waals surface area contributed by atoms with E-state index < -0.39 is 0 Å². The predicted molar refractivity (Wildman–Crippen MR) is 88.8 cm³/mol. The van der Waals surface area contributed by atoms with E-state index in [9.17, 15) is 4.79 Å². The topological polar surface area (TPSA) is 63.2 Å². The van der Waals surface area contributed by atoms with Gasteiger partial charge in [-0.3, -0.25) is 4.79 Å². The number of nitriles is 1. The molecular weight excluding hydrogens is 314 g/mol. The summed E-state index contributed by atoms with van der Waals surface area (Å²) in [6.45, 7) is 1.73. The standard InChI is InChI=1S/C18H12ClNO3/c1-11-2-4-12(5-3-11)17-18(22-9-8-20)16(21)14-10-13(19)6-7-15(14)23-17/h2-7,10H,9H2,1H3. The van der Waals surface area contributed by atoms with Crippen molar-refractivity contribution in [2.24, 2.45) is 0 Å². The van der Waals surface area contributed by atoms with E-state index in [4.69, 9.17) is 26.0 Å². The van der Waals surface area contributed by atoms with Crippen LogP contribution in [0.1, 0.15) is 5.56 Å². The lowest BCUT2D eigenvalue weighted by Gasteiger charge is -2.10. The first-order valence-corrected chi connectivity index (χ1v) is 7.31. The minimum atomic E-state index is -0.348. The summed E-state index contributed by atoms with van der Waals surface area (Å²) >= 11 is 5.95. The van der Waals surface area contributed by atoms with Gasteiger partial charge in [-0.25, -0.2) is 0 Å². The van der Waals surface area contributed by atoms with Gasteiger partial charge in [-0.1, -0.05) is 41.4 Å². The molecule has 0 N–H and O–H groups in total. The summed E-state index contributed by atoms with van der Waals surface area (Å²) in [7, 11) is 0. The normalized spacial score (nSPS) is 10.5. The maximum atomic E-state index is 12.7. The van der Waals surface area contributed by atoms with Gasteiger partial charge in [0.2, 0.25) is 11.2 Å². The molecule has 0 saturated carbocycles. The second kappa shape index (κ2) is 6.15. The molecule has 3 rings (SSSR count). The maximum Gasteiger partial charge on any atom is 0.235 e. The second-order valence-corrected chi connectivity index (χ2v) is 5.48. The summed E-state index contributed by atoms with van der Waals surface area (Å²) in [4.78, 5) is 12.7. The third-order valence-electron chi connectivity index (χ3n) is 3.41. The summed E-state index contributed by atoms with van der Waals surface area (Å²) in [5.74, 6) is 0.324. The van der Waals surface area contributed by atoms with E-state index in [2.05, 4.69) is 0 Å². The van der Waals surface area contributed by atoms with Crippen LogP contribution in [0.3, 0.4) is 0 Å². The molecule has 0 aliphatic carbocycles.